The van der Waals surface area contributed by atoms with Gasteiger partial charge < -0.3 is 0 Å². The molecular weight excluding hydrogens is 188 g/mol. The SMILES string of the molecule is C=CCOOCC.O=S(=O)(O)O. The molecule has 0 bridgehead atoms. The van der Waals surface area contributed by atoms with Gasteiger partial charge >= 0.3 is 10.4 Å². The molecule has 74 valence electrons. The van der Waals surface area contributed by atoms with E-state index in [1.165, 1.54) is 0 Å². The molecule has 2 N–H and O–H groups in total. The Bertz CT molecular complexity index is 176. The molecule has 0 spiro atoms. The summed E-state index contributed by atoms with van der Waals surface area (Å²) in [5.41, 5.74) is 0. The maximum atomic E-state index is 8.74. The van der Waals surface area contributed by atoms with Crippen molar-refractivity contribution in [3.05, 3.63) is 12.7 Å². The van der Waals surface area contributed by atoms with Crippen LogP contribution in [-0.4, -0.2) is 30.7 Å². The van der Waals surface area contributed by atoms with Gasteiger partial charge in [0.25, 0.3) is 0 Å². The lowest BCUT2D eigenvalue weighted by molar-refractivity contribution is -0.282. The average molecular weight is 200 g/mol. The largest absolute Gasteiger partial charge is 0.394 e. The Morgan fingerprint density at radius 3 is 2.08 bits per heavy atom. The maximum absolute atomic E-state index is 8.74. The molecule has 0 amide bonds. The Morgan fingerprint density at radius 1 is 1.42 bits per heavy atom. The number of rotatable bonds is 4. The van der Waals surface area contributed by atoms with Crippen LogP contribution in [0.1, 0.15) is 6.92 Å². The molecule has 0 aliphatic carbocycles. The molecule has 0 saturated carbocycles. The first-order chi connectivity index (χ1) is 5.41. The van der Waals surface area contributed by atoms with Crippen LogP contribution in [0.15, 0.2) is 12.7 Å². The molecule has 0 aromatic heterocycles. The summed E-state index contributed by atoms with van der Waals surface area (Å²) in [6.07, 6.45) is 1.63. The van der Waals surface area contributed by atoms with Crippen molar-refractivity contribution < 1.29 is 27.3 Å². The van der Waals surface area contributed by atoms with Crippen molar-refractivity contribution in [2.45, 2.75) is 6.92 Å². The zero-order chi connectivity index (χ0) is 10.0. The van der Waals surface area contributed by atoms with E-state index in [0.717, 1.165) is 0 Å². The summed E-state index contributed by atoms with van der Waals surface area (Å²) in [7, 11) is -4.67. The first kappa shape index (κ1) is 14.1. The van der Waals surface area contributed by atoms with E-state index in [0.29, 0.717) is 13.2 Å². The molecule has 6 nitrogen and oxygen atoms in total. The van der Waals surface area contributed by atoms with Gasteiger partial charge in [0.05, 0.1) is 6.61 Å². The Labute approximate surface area is 71.3 Å². The van der Waals surface area contributed by atoms with Crippen molar-refractivity contribution in [2.24, 2.45) is 0 Å². The van der Waals surface area contributed by atoms with Crippen LogP contribution in [-0.2, 0) is 20.2 Å². The molecule has 0 aromatic carbocycles. The van der Waals surface area contributed by atoms with Crippen LogP contribution in [0.2, 0.25) is 0 Å². The number of hydrogen-bond acceptors (Lipinski definition) is 4. The van der Waals surface area contributed by atoms with Crippen molar-refractivity contribution in [3.8, 4) is 0 Å². The molecule has 0 aliphatic rings. The van der Waals surface area contributed by atoms with Gasteiger partial charge in [0.1, 0.15) is 6.61 Å². The molecule has 0 atom stereocenters. The Morgan fingerprint density at radius 2 is 1.83 bits per heavy atom. The van der Waals surface area contributed by atoms with Crippen molar-refractivity contribution in [3.63, 3.8) is 0 Å². The predicted molar refractivity (Wildman–Crippen MR) is 42.0 cm³/mol. The molecule has 7 heteroatoms. The normalized spacial score (nSPS) is 9.92. The van der Waals surface area contributed by atoms with Gasteiger partial charge in [-0.2, -0.15) is 8.42 Å². The standard InChI is InChI=1S/C5H10O2.H2O4S/c1-3-5-7-6-4-2;1-5(2,3)4/h3H,1,4-5H2,2H3;(H2,1,2,3,4). The van der Waals surface area contributed by atoms with E-state index in [-0.39, 0.29) is 0 Å². The minimum absolute atomic E-state index is 0.466. The molecule has 0 rings (SSSR count). The van der Waals surface area contributed by atoms with E-state index < -0.39 is 10.4 Å². The van der Waals surface area contributed by atoms with Crippen LogP contribution in [0.3, 0.4) is 0 Å². The second kappa shape index (κ2) is 8.62. The summed E-state index contributed by atoms with van der Waals surface area (Å²) in [5, 5.41) is 0. The highest BCUT2D eigenvalue weighted by Gasteiger charge is 1.84. The Hall–Kier alpha value is -0.470. The first-order valence-electron chi connectivity index (χ1n) is 2.97. The van der Waals surface area contributed by atoms with Gasteiger partial charge in [0.2, 0.25) is 0 Å². The van der Waals surface area contributed by atoms with Crippen molar-refractivity contribution in [2.75, 3.05) is 13.2 Å². The third kappa shape index (κ3) is 55.6. The molecule has 0 aromatic rings. The van der Waals surface area contributed by atoms with E-state index in [9.17, 15) is 0 Å². The van der Waals surface area contributed by atoms with E-state index in [4.69, 9.17) is 17.5 Å². The fraction of sp³-hybridized carbons (Fsp3) is 0.600. The van der Waals surface area contributed by atoms with Crippen LogP contribution >= 0.6 is 0 Å². The average Bonchev–Trinajstić information content (AvgIpc) is 1.85. The highest BCUT2D eigenvalue weighted by atomic mass is 32.3. The topological polar surface area (TPSA) is 93.1 Å². The van der Waals surface area contributed by atoms with E-state index >= 15 is 0 Å². The van der Waals surface area contributed by atoms with Gasteiger partial charge in [-0.25, -0.2) is 9.78 Å². The van der Waals surface area contributed by atoms with Gasteiger partial charge in [-0.1, -0.05) is 6.08 Å². The van der Waals surface area contributed by atoms with Crippen LogP contribution in [0.25, 0.3) is 0 Å². The lowest BCUT2D eigenvalue weighted by Crippen LogP contribution is -1.91. The van der Waals surface area contributed by atoms with Gasteiger partial charge in [0.15, 0.2) is 0 Å². The lowest BCUT2D eigenvalue weighted by atomic mass is 10.7. The smallest absolute Gasteiger partial charge is 0.264 e. The summed E-state index contributed by atoms with van der Waals surface area (Å²) in [6.45, 7) is 6.35. The zero-order valence-corrected chi connectivity index (χ0v) is 7.45. The monoisotopic (exact) mass is 200 g/mol. The Balaban J connectivity index is 0. The maximum Gasteiger partial charge on any atom is 0.394 e. The third-order valence-corrected chi connectivity index (χ3v) is 0.387. The van der Waals surface area contributed by atoms with Gasteiger partial charge in [-0.05, 0) is 6.92 Å². The highest BCUT2D eigenvalue weighted by molar-refractivity contribution is 7.79. The van der Waals surface area contributed by atoms with Crippen LogP contribution in [0.4, 0.5) is 0 Å². The van der Waals surface area contributed by atoms with Crippen LogP contribution in [0, 0.1) is 0 Å². The third-order valence-electron chi connectivity index (χ3n) is 0.387. The highest BCUT2D eigenvalue weighted by Crippen LogP contribution is 1.75. The van der Waals surface area contributed by atoms with Crippen molar-refractivity contribution >= 4 is 10.4 Å². The lowest BCUT2D eigenvalue weighted by Gasteiger charge is -1.93. The fourth-order valence-electron chi connectivity index (χ4n) is 0.180. The molecule has 0 saturated heterocycles. The molecule has 0 aliphatic heterocycles. The van der Waals surface area contributed by atoms with Crippen molar-refractivity contribution in [1.29, 1.82) is 0 Å². The molecule has 12 heavy (non-hydrogen) atoms. The van der Waals surface area contributed by atoms with E-state index in [1.807, 2.05) is 6.92 Å². The summed E-state index contributed by atoms with van der Waals surface area (Å²) in [5.74, 6) is 0. The first-order valence-corrected chi connectivity index (χ1v) is 4.36. The van der Waals surface area contributed by atoms with Crippen LogP contribution in [0.5, 0.6) is 0 Å². The van der Waals surface area contributed by atoms with Crippen molar-refractivity contribution in [1.82, 2.24) is 0 Å². The summed E-state index contributed by atoms with van der Waals surface area (Å²) in [6, 6.07) is 0. The minimum Gasteiger partial charge on any atom is -0.264 e. The predicted octanol–water partition coefficient (Wildman–Crippen LogP) is 0.488. The summed E-state index contributed by atoms with van der Waals surface area (Å²) in [4.78, 5) is 9.02. The van der Waals surface area contributed by atoms with E-state index in [1.54, 1.807) is 6.08 Å². The molecular formula is C5H12O6S. The fourth-order valence-corrected chi connectivity index (χ4v) is 0.180. The molecule has 0 unspecified atom stereocenters. The van der Waals surface area contributed by atoms with Gasteiger partial charge in [-0.3, -0.25) is 9.11 Å². The molecule has 0 heterocycles. The van der Waals surface area contributed by atoms with Crippen LogP contribution < -0.4 is 0 Å². The summed E-state index contributed by atoms with van der Waals surface area (Å²) < 4.78 is 31.6. The van der Waals surface area contributed by atoms with E-state index in [2.05, 4.69) is 16.4 Å². The summed E-state index contributed by atoms with van der Waals surface area (Å²) >= 11 is 0. The Kier molecular flexibility index (Phi) is 10.1. The second-order valence-electron chi connectivity index (χ2n) is 1.43. The minimum atomic E-state index is -4.67. The molecule has 0 radical (unpaired) electrons. The number of hydrogen-bond donors (Lipinski definition) is 2. The van der Waals surface area contributed by atoms with Gasteiger partial charge in [0, 0.05) is 0 Å². The second-order valence-corrected chi connectivity index (χ2v) is 2.32. The van der Waals surface area contributed by atoms with Gasteiger partial charge in [-0.15, -0.1) is 6.58 Å². The quantitative estimate of drug-likeness (QED) is 0.225. The zero-order valence-electron chi connectivity index (χ0n) is 6.63. The molecule has 0 fully saturated rings.